The van der Waals surface area contributed by atoms with Crippen LogP contribution >= 0.6 is 0 Å². The van der Waals surface area contributed by atoms with Crippen molar-refractivity contribution in [3.63, 3.8) is 0 Å². The van der Waals surface area contributed by atoms with Gasteiger partial charge < -0.3 is 5.11 Å². The molecule has 0 amide bonds. The van der Waals surface area contributed by atoms with E-state index in [1.54, 1.807) is 0 Å². The first-order chi connectivity index (χ1) is 12.6. The van der Waals surface area contributed by atoms with Gasteiger partial charge in [-0.3, -0.25) is 0 Å². The summed E-state index contributed by atoms with van der Waals surface area (Å²) in [5, 5.41) is 11.8. The van der Waals surface area contributed by atoms with Gasteiger partial charge in [-0.1, -0.05) is 54.2 Å². The Kier molecular flexibility index (Phi) is 4.64. The lowest BCUT2D eigenvalue weighted by Gasteiger charge is -2.30. The van der Waals surface area contributed by atoms with E-state index in [0.29, 0.717) is 16.7 Å². The van der Waals surface area contributed by atoms with Crippen LogP contribution in [0, 0.1) is 37.0 Å². The van der Waals surface area contributed by atoms with Crippen LogP contribution in [0.1, 0.15) is 33.4 Å². The number of terminal acetylenes is 3. The van der Waals surface area contributed by atoms with E-state index >= 15 is 0 Å². The lowest BCUT2D eigenvalue weighted by molar-refractivity contribution is 0.125. The molecule has 0 fully saturated rings. The molecule has 0 heterocycles. The Morgan fingerprint density at radius 3 is 0.923 bits per heavy atom. The molecule has 0 unspecified atom stereocenters. The first kappa shape index (κ1) is 17.1. The second-order valence-electron chi connectivity index (χ2n) is 5.88. The summed E-state index contributed by atoms with van der Waals surface area (Å²) in [5.74, 6) is 7.77. The predicted octanol–water partition coefficient (Wildman–Crippen LogP) is 3.91. The maximum Gasteiger partial charge on any atom is 0.140 e. The molecule has 0 atom stereocenters. The monoisotopic (exact) mass is 332 g/mol. The van der Waals surface area contributed by atoms with Crippen LogP contribution < -0.4 is 0 Å². The van der Waals surface area contributed by atoms with E-state index in [2.05, 4.69) is 17.8 Å². The molecule has 0 aliphatic rings. The first-order valence-electron chi connectivity index (χ1n) is 8.05. The van der Waals surface area contributed by atoms with Crippen molar-refractivity contribution in [2.75, 3.05) is 0 Å². The molecule has 3 rings (SSSR count). The fraction of sp³-hybridized carbons (Fsp3) is 0.0400. The van der Waals surface area contributed by atoms with E-state index in [9.17, 15) is 5.11 Å². The van der Waals surface area contributed by atoms with Gasteiger partial charge in [0.25, 0.3) is 0 Å². The van der Waals surface area contributed by atoms with Crippen molar-refractivity contribution in [2.24, 2.45) is 0 Å². The summed E-state index contributed by atoms with van der Waals surface area (Å²) >= 11 is 0. The lowest BCUT2D eigenvalue weighted by Crippen LogP contribution is -2.28. The summed E-state index contributed by atoms with van der Waals surface area (Å²) in [6.45, 7) is 0. The molecule has 0 aromatic heterocycles. The molecule has 3 aromatic rings. The molecular formula is C25H16O. The highest BCUT2D eigenvalue weighted by molar-refractivity contribution is 5.51. The van der Waals surface area contributed by atoms with Crippen molar-refractivity contribution in [3.05, 3.63) is 106 Å². The predicted molar refractivity (Wildman–Crippen MR) is 105 cm³/mol. The van der Waals surface area contributed by atoms with E-state index in [0.717, 1.165) is 16.7 Å². The highest BCUT2D eigenvalue weighted by atomic mass is 16.3. The second kappa shape index (κ2) is 7.04. The minimum absolute atomic E-state index is 0.707. The number of benzene rings is 3. The SMILES string of the molecule is C#Cc1ccc(C(O)(c2ccc(C#C)cc2)c2ccc(C#C)cc2)cc1. The van der Waals surface area contributed by atoms with Crippen LogP contribution in [-0.2, 0) is 5.60 Å². The summed E-state index contributed by atoms with van der Waals surface area (Å²) in [5.41, 5.74) is 3.02. The smallest absolute Gasteiger partial charge is 0.140 e. The van der Waals surface area contributed by atoms with Gasteiger partial charge in [0.05, 0.1) is 0 Å². The first-order valence-corrected chi connectivity index (χ1v) is 8.05. The molecule has 0 spiro atoms. The zero-order valence-electron chi connectivity index (χ0n) is 14.1. The number of rotatable bonds is 3. The largest absolute Gasteiger partial charge is 0.376 e. The molecular weight excluding hydrogens is 316 g/mol. The van der Waals surface area contributed by atoms with Crippen LogP contribution in [-0.4, -0.2) is 5.11 Å². The Balaban J connectivity index is 2.20. The maximum absolute atomic E-state index is 11.8. The Bertz CT molecular complexity index is 893. The standard InChI is InChI=1S/C25H16O/c1-4-19-7-13-22(14-8-19)25(26,23-15-9-20(5-2)10-16-23)24-17-11-21(6-3)12-18-24/h1-3,7-18,26H. The molecule has 1 heteroatoms. The Morgan fingerprint density at radius 2 is 0.731 bits per heavy atom. The van der Waals surface area contributed by atoms with Gasteiger partial charge in [0.2, 0.25) is 0 Å². The normalized spacial score (nSPS) is 10.4. The topological polar surface area (TPSA) is 20.2 Å². The quantitative estimate of drug-likeness (QED) is 0.569. The Hall–Kier alpha value is -3.70. The van der Waals surface area contributed by atoms with E-state index in [4.69, 9.17) is 19.3 Å². The van der Waals surface area contributed by atoms with Crippen LogP contribution in [0.3, 0.4) is 0 Å². The lowest BCUT2D eigenvalue weighted by atomic mass is 9.79. The molecule has 0 aliphatic carbocycles. The van der Waals surface area contributed by atoms with Gasteiger partial charge in [-0.2, -0.15) is 0 Å². The van der Waals surface area contributed by atoms with Crippen LogP contribution in [0.4, 0.5) is 0 Å². The fourth-order valence-electron chi connectivity index (χ4n) is 2.92. The van der Waals surface area contributed by atoms with Gasteiger partial charge in [0.15, 0.2) is 0 Å². The van der Waals surface area contributed by atoms with Crippen molar-refractivity contribution < 1.29 is 5.11 Å². The van der Waals surface area contributed by atoms with E-state index in [1.165, 1.54) is 0 Å². The van der Waals surface area contributed by atoms with E-state index < -0.39 is 5.60 Å². The molecule has 0 saturated heterocycles. The third-order valence-electron chi connectivity index (χ3n) is 4.41. The van der Waals surface area contributed by atoms with Gasteiger partial charge in [0.1, 0.15) is 5.60 Å². The minimum Gasteiger partial charge on any atom is -0.376 e. The molecule has 0 saturated carbocycles. The zero-order valence-corrected chi connectivity index (χ0v) is 14.1. The average Bonchev–Trinajstić information content (AvgIpc) is 2.73. The zero-order chi connectivity index (χ0) is 18.6. The molecule has 122 valence electrons. The number of hydrogen-bond acceptors (Lipinski definition) is 1. The second-order valence-corrected chi connectivity index (χ2v) is 5.88. The third kappa shape index (κ3) is 2.99. The van der Waals surface area contributed by atoms with Crippen molar-refractivity contribution in [3.8, 4) is 37.0 Å². The van der Waals surface area contributed by atoms with Crippen LogP contribution in [0.25, 0.3) is 0 Å². The molecule has 26 heavy (non-hydrogen) atoms. The summed E-state index contributed by atoms with van der Waals surface area (Å²) < 4.78 is 0. The average molecular weight is 332 g/mol. The number of hydrogen-bond donors (Lipinski definition) is 1. The van der Waals surface area contributed by atoms with Gasteiger partial charge in [0, 0.05) is 16.7 Å². The highest BCUT2D eigenvalue weighted by Crippen LogP contribution is 2.37. The fourth-order valence-corrected chi connectivity index (χ4v) is 2.92. The van der Waals surface area contributed by atoms with Gasteiger partial charge in [-0.15, -0.1) is 19.3 Å². The van der Waals surface area contributed by atoms with Crippen molar-refractivity contribution in [1.82, 2.24) is 0 Å². The molecule has 3 aromatic carbocycles. The van der Waals surface area contributed by atoms with Crippen LogP contribution in [0.5, 0.6) is 0 Å². The van der Waals surface area contributed by atoms with E-state index in [1.807, 2.05) is 72.8 Å². The van der Waals surface area contributed by atoms with Crippen molar-refractivity contribution in [1.29, 1.82) is 0 Å². The highest BCUT2D eigenvalue weighted by Gasteiger charge is 2.33. The summed E-state index contributed by atoms with van der Waals surface area (Å²) in [6, 6.07) is 21.9. The van der Waals surface area contributed by atoms with E-state index in [-0.39, 0.29) is 0 Å². The van der Waals surface area contributed by atoms with Crippen molar-refractivity contribution in [2.45, 2.75) is 5.60 Å². The maximum atomic E-state index is 11.8. The summed E-state index contributed by atoms with van der Waals surface area (Å²) in [6.07, 6.45) is 16.3. The summed E-state index contributed by atoms with van der Waals surface area (Å²) in [7, 11) is 0. The van der Waals surface area contributed by atoms with Gasteiger partial charge >= 0.3 is 0 Å². The van der Waals surface area contributed by atoms with Crippen LogP contribution in [0.15, 0.2) is 72.8 Å². The minimum atomic E-state index is -1.35. The molecule has 0 aliphatic heterocycles. The molecule has 0 radical (unpaired) electrons. The van der Waals surface area contributed by atoms with Gasteiger partial charge in [-0.05, 0) is 53.1 Å². The van der Waals surface area contributed by atoms with Crippen molar-refractivity contribution >= 4 is 0 Å². The number of aliphatic hydroxyl groups is 1. The molecule has 1 N–H and O–H groups in total. The Morgan fingerprint density at radius 1 is 0.500 bits per heavy atom. The Labute approximate surface area is 154 Å². The summed E-state index contributed by atoms with van der Waals surface area (Å²) in [4.78, 5) is 0. The molecule has 0 bridgehead atoms. The molecule has 1 nitrogen and oxygen atoms in total. The third-order valence-corrected chi connectivity index (χ3v) is 4.41. The van der Waals surface area contributed by atoms with Gasteiger partial charge in [-0.25, -0.2) is 0 Å². The van der Waals surface area contributed by atoms with Crippen LogP contribution in [0.2, 0.25) is 0 Å².